The van der Waals surface area contributed by atoms with E-state index in [1.807, 2.05) is 6.92 Å². The first-order valence-electron chi connectivity index (χ1n) is 7.37. The number of carbonyl (C=O) groups is 1. The number of aryl methyl sites for hydroxylation is 1. The van der Waals surface area contributed by atoms with E-state index >= 15 is 0 Å². The Labute approximate surface area is 132 Å². The number of amides is 1. The molecule has 0 radical (unpaired) electrons. The predicted octanol–water partition coefficient (Wildman–Crippen LogP) is 3.23. The molecule has 2 N–H and O–H groups in total. The van der Waals surface area contributed by atoms with Crippen molar-refractivity contribution in [2.75, 3.05) is 0 Å². The molecule has 0 saturated heterocycles. The second kappa shape index (κ2) is 7.17. The Morgan fingerprint density at radius 1 is 1.30 bits per heavy atom. The van der Waals surface area contributed by atoms with E-state index in [-0.39, 0.29) is 11.1 Å². The maximum Gasteiger partial charge on any atom is 0.257 e. The standard InChI is InChI=1S/C17H18F2N2O2/c1-3-4-15(12-6-5-11(18)8-14(12)19)21-17(23)13-9-20-10(2)7-16(13)22/h5-9,15H,3-4H2,1-2H3,(H,20,22)(H,21,23). The number of halogens is 2. The zero-order valence-electron chi connectivity index (χ0n) is 13.0. The number of carbonyl (C=O) groups excluding carboxylic acids is 1. The minimum atomic E-state index is -0.721. The lowest BCUT2D eigenvalue weighted by molar-refractivity contribution is 0.0932. The van der Waals surface area contributed by atoms with Gasteiger partial charge in [-0.3, -0.25) is 9.59 Å². The van der Waals surface area contributed by atoms with E-state index in [0.29, 0.717) is 18.5 Å². The molecule has 0 aliphatic rings. The number of hydrogen-bond donors (Lipinski definition) is 2. The highest BCUT2D eigenvalue weighted by Crippen LogP contribution is 2.22. The first-order valence-corrected chi connectivity index (χ1v) is 7.37. The minimum absolute atomic E-state index is 0.0424. The van der Waals surface area contributed by atoms with Crippen LogP contribution in [0.3, 0.4) is 0 Å². The van der Waals surface area contributed by atoms with Crippen molar-refractivity contribution >= 4 is 5.91 Å². The maximum atomic E-state index is 13.9. The summed E-state index contributed by atoms with van der Waals surface area (Å²) >= 11 is 0. The number of benzene rings is 1. The summed E-state index contributed by atoms with van der Waals surface area (Å²) in [7, 11) is 0. The number of aromatic nitrogens is 1. The van der Waals surface area contributed by atoms with Gasteiger partial charge < -0.3 is 10.3 Å². The molecule has 1 amide bonds. The molecule has 1 aromatic heterocycles. The molecule has 0 bridgehead atoms. The Bertz CT molecular complexity index is 771. The normalized spacial score (nSPS) is 12.0. The summed E-state index contributed by atoms with van der Waals surface area (Å²) in [5.41, 5.74) is 0.388. The average Bonchev–Trinajstić information content (AvgIpc) is 2.46. The lowest BCUT2D eigenvalue weighted by atomic mass is 10.0. The van der Waals surface area contributed by atoms with E-state index in [0.717, 1.165) is 12.1 Å². The molecule has 4 nitrogen and oxygen atoms in total. The van der Waals surface area contributed by atoms with Crippen LogP contribution < -0.4 is 10.7 Å². The minimum Gasteiger partial charge on any atom is -0.364 e. The summed E-state index contributed by atoms with van der Waals surface area (Å²) in [6.07, 6.45) is 2.49. The van der Waals surface area contributed by atoms with Crippen LogP contribution in [0.5, 0.6) is 0 Å². The third-order valence-corrected chi connectivity index (χ3v) is 3.52. The van der Waals surface area contributed by atoms with Crippen LogP contribution in [0.1, 0.15) is 47.4 Å². The second-order valence-electron chi connectivity index (χ2n) is 5.37. The van der Waals surface area contributed by atoms with E-state index in [2.05, 4.69) is 10.3 Å². The Morgan fingerprint density at radius 3 is 2.65 bits per heavy atom. The molecule has 23 heavy (non-hydrogen) atoms. The molecule has 1 unspecified atom stereocenters. The number of hydrogen-bond acceptors (Lipinski definition) is 2. The van der Waals surface area contributed by atoms with Crippen LogP contribution in [0.4, 0.5) is 8.78 Å². The van der Waals surface area contributed by atoms with Crippen LogP contribution in [-0.4, -0.2) is 10.9 Å². The Balaban J connectivity index is 2.28. The third-order valence-electron chi connectivity index (χ3n) is 3.52. The van der Waals surface area contributed by atoms with Gasteiger partial charge in [0, 0.05) is 29.6 Å². The van der Waals surface area contributed by atoms with Crippen LogP contribution in [0, 0.1) is 18.6 Å². The van der Waals surface area contributed by atoms with Crippen molar-refractivity contribution < 1.29 is 13.6 Å². The van der Waals surface area contributed by atoms with Crippen molar-refractivity contribution in [1.82, 2.24) is 10.3 Å². The third kappa shape index (κ3) is 4.03. The van der Waals surface area contributed by atoms with Gasteiger partial charge in [-0.1, -0.05) is 19.4 Å². The van der Waals surface area contributed by atoms with Gasteiger partial charge in [-0.2, -0.15) is 0 Å². The van der Waals surface area contributed by atoms with Gasteiger partial charge in [-0.25, -0.2) is 8.78 Å². The zero-order valence-corrected chi connectivity index (χ0v) is 13.0. The van der Waals surface area contributed by atoms with Crippen molar-refractivity contribution in [3.8, 4) is 0 Å². The second-order valence-corrected chi connectivity index (χ2v) is 5.37. The van der Waals surface area contributed by atoms with Crippen LogP contribution in [0.2, 0.25) is 0 Å². The Kier molecular flexibility index (Phi) is 5.26. The molecule has 1 heterocycles. The molecule has 1 aromatic carbocycles. The van der Waals surface area contributed by atoms with Crippen molar-refractivity contribution in [3.63, 3.8) is 0 Å². The predicted molar refractivity (Wildman–Crippen MR) is 83.3 cm³/mol. The Morgan fingerprint density at radius 2 is 2.04 bits per heavy atom. The number of rotatable bonds is 5. The Hall–Kier alpha value is -2.50. The highest BCUT2D eigenvalue weighted by Gasteiger charge is 2.20. The van der Waals surface area contributed by atoms with E-state index in [9.17, 15) is 18.4 Å². The molecule has 0 aliphatic heterocycles. The van der Waals surface area contributed by atoms with Crippen molar-refractivity contribution in [2.24, 2.45) is 0 Å². The fraction of sp³-hybridized carbons (Fsp3) is 0.294. The molecule has 0 saturated carbocycles. The van der Waals surface area contributed by atoms with Gasteiger partial charge >= 0.3 is 0 Å². The lowest BCUT2D eigenvalue weighted by Gasteiger charge is -2.19. The average molecular weight is 320 g/mol. The van der Waals surface area contributed by atoms with Crippen molar-refractivity contribution in [3.05, 3.63) is 69.1 Å². The SMILES string of the molecule is CCCC(NC(=O)c1c[nH]c(C)cc1=O)c1ccc(F)cc1F. The quantitative estimate of drug-likeness (QED) is 0.888. The molecule has 0 aliphatic carbocycles. The van der Waals surface area contributed by atoms with Crippen LogP contribution >= 0.6 is 0 Å². The summed E-state index contributed by atoms with van der Waals surface area (Å²) in [5, 5.41) is 2.65. The fourth-order valence-corrected chi connectivity index (χ4v) is 2.36. The molecular weight excluding hydrogens is 302 g/mol. The van der Waals surface area contributed by atoms with Crippen LogP contribution in [0.15, 0.2) is 35.3 Å². The molecule has 1 atom stereocenters. The monoisotopic (exact) mass is 320 g/mol. The van der Waals surface area contributed by atoms with Gasteiger partial charge in [0.25, 0.3) is 5.91 Å². The summed E-state index contributed by atoms with van der Waals surface area (Å²) in [4.78, 5) is 27.0. The van der Waals surface area contributed by atoms with Gasteiger partial charge in [-0.05, 0) is 19.4 Å². The molecule has 2 rings (SSSR count). The first kappa shape index (κ1) is 16.9. The lowest BCUT2D eigenvalue weighted by Crippen LogP contribution is -2.32. The van der Waals surface area contributed by atoms with Gasteiger partial charge in [0.1, 0.15) is 17.2 Å². The molecular formula is C17H18F2N2O2. The van der Waals surface area contributed by atoms with Crippen molar-refractivity contribution in [1.29, 1.82) is 0 Å². The molecule has 0 spiro atoms. The molecule has 6 heteroatoms. The van der Waals surface area contributed by atoms with E-state index < -0.39 is 29.0 Å². The van der Waals surface area contributed by atoms with Crippen LogP contribution in [0.25, 0.3) is 0 Å². The summed E-state index contributed by atoms with van der Waals surface area (Å²) in [6, 6.07) is 3.93. The van der Waals surface area contributed by atoms with Gasteiger partial charge in [0.05, 0.1) is 6.04 Å². The number of H-pyrrole nitrogens is 1. The van der Waals surface area contributed by atoms with Gasteiger partial charge in [-0.15, -0.1) is 0 Å². The molecule has 2 aromatic rings. The van der Waals surface area contributed by atoms with E-state index in [1.54, 1.807) is 6.92 Å². The number of aromatic amines is 1. The summed E-state index contributed by atoms with van der Waals surface area (Å²) in [5.74, 6) is -1.99. The first-order chi connectivity index (χ1) is 10.9. The van der Waals surface area contributed by atoms with Crippen LogP contribution in [-0.2, 0) is 0 Å². The summed E-state index contributed by atoms with van der Waals surface area (Å²) in [6.45, 7) is 3.59. The van der Waals surface area contributed by atoms with Crippen molar-refractivity contribution in [2.45, 2.75) is 32.7 Å². The summed E-state index contributed by atoms with van der Waals surface area (Å²) < 4.78 is 27.0. The fourth-order valence-electron chi connectivity index (χ4n) is 2.36. The number of pyridine rings is 1. The van der Waals surface area contributed by atoms with E-state index in [4.69, 9.17) is 0 Å². The van der Waals surface area contributed by atoms with Gasteiger partial charge in [0.15, 0.2) is 5.43 Å². The molecule has 0 fully saturated rings. The number of nitrogens with one attached hydrogen (secondary N) is 2. The highest BCUT2D eigenvalue weighted by atomic mass is 19.1. The largest absolute Gasteiger partial charge is 0.364 e. The molecule has 122 valence electrons. The highest BCUT2D eigenvalue weighted by molar-refractivity contribution is 5.94. The smallest absolute Gasteiger partial charge is 0.257 e. The maximum absolute atomic E-state index is 13.9. The van der Waals surface area contributed by atoms with E-state index in [1.165, 1.54) is 18.3 Å². The van der Waals surface area contributed by atoms with Gasteiger partial charge in [0.2, 0.25) is 0 Å². The zero-order chi connectivity index (χ0) is 17.0. The topological polar surface area (TPSA) is 62.0 Å².